The van der Waals surface area contributed by atoms with Crippen LogP contribution in [0.5, 0.6) is 0 Å². The maximum absolute atomic E-state index is 4.48. The second kappa shape index (κ2) is 5.30. The molecule has 0 aromatic carbocycles. The topological polar surface area (TPSA) is 3.24 Å². The van der Waals surface area contributed by atoms with E-state index in [4.69, 9.17) is 0 Å². The highest BCUT2D eigenvalue weighted by molar-refractivity contribution is 7.80. The number of rotatable bonds is 4. The first-order valence-corrected chi connectivity index (χ1v) is 7.19. The van der Waals surface area contributed by atoms with Gasteiger partial charge in [-0.1, -0.05) is 27.7 Å². The van der Waals surface area contributed by atoms with Gasteiger partial charge in [0.15, 0.2) is 0 Å². The fraction of sp³-hybridized carbons (Fsp3) is 1.00. The third-order valence-electron chi connectivity index (χ3n) is 4.19. The van der Waals surface area contributed by atoms with E-state index in [1.165, 1.54) is 32.4 Å². The molecule has 0 saturated carbocycles. The van der Waals surface area contributed by atoms with Crippen molar-refractivity contribution in [2.24, 2.45) is 16.7 Å². The van der Waals surface area contributed by atoms with Crippen molar-refractivity contribution in [2.75, 3.05) is 25.9 Å². The predicted molar refractivity (Wildman–Crippen MR) is 76.3 cm³/mol. The Bertz CT molecular complexity index is 215. The molecular weight excluding hydrogens is 214 g/mol. The fourth-order valence-corrected chi connectivity index (χ4v) is 3.34. The zero-order valence-corrected chi connectivity index (χ0v) is 12.6. The van der Waals surface area contributed by atoms with Gasteiger partial charge < -0.3 is 4.90 Å². The summed E-state index contributed by atoms with van der Waals surface area (Å²) in [4.78, 5) is 2.45. The van der Waals surface area contributed by atoms with Gasteiger partial charge in [0, 0.05) is 0 Å². The van der Waals surface area contributed by atoms with E-state index >= 15 is 0 Å². The van der Waals surface area contributed by atoms with Gasteiger partial charge in [-0.25, -0.2) is 0 Å². The van der Waals surface area contributed by atoms with Gasteiger partial charge in [-0.2, -0.15) is 12.6 Å². The fourth-order valence-electron chi connectivity index (χ4n) is 3.22. The van der Waals surface area contributed by atoms with Crippen molar-refractivity contribution in [1.29, 1.82) is 0 Å². The first kappa shape index (κ1) is 14.4. The maximum Gasteiger partial charge on any atom is -0.00189 e. The second-order valence-electron chi connectivity index (χ2n) is 7.07. The molecule has 1 rings (SSSR count). The van der Waals surface area contributed by atoms with Crippen molar-refractivity contribution in [1.82, 2.24) is 4.90 Å². The van der Waals surface area contributed by atoms with Crippen molar-refractivity contribution >= 4 is 12.6 Å². The van der Waals surface area contributed by atoms with Gasteiger partial charge in [0.05, 0.1) is 0 Å². The normalized spacial score (nSPS) is 21.4. The number of hydrogen-bond acceptors (Lipinski definition) is 2. The molecule has 0 unspecified atom stereocenters. The third-order valence-corrected chi connectivity index (χ3v) is 5.04. The summed E-state index contributed by atoms with van der Waals surface area (Å²) in [6.07, 6.45) is 4.02. The lowest BCUT2D eigenvalue weighted by Crippen LogP contribution is -2.39. The minimum Gasteiger partial charge on any atom is -0.306 e. The molecule has 0 radical (unpaired) electrons. The Hall–Kier alpha value is 0.310. The van der Waals surface area contributed by atoms with Gasteiger partial charge in [-0.05, 0) is 61.9 Å². The molecule has 1 saturated heterocycles. The minimum atomic E-state index is 0.371. The molecule has 2 heteroatoms. The van der Waals surface area contributed by atoms with Gasteiger partial charge in [-0.15, -0.1) is 0 Å². The second-order valence-corrected chi connectivity index (χ2v) is 7.38. The van der Waals surface area contributed by atoms with Gasteiger partial charge >= 0.3 is 0 Å². The summed E-state index contributed by atoms with van der Waals surface area (Å²) >= 11 is 4.48. The lowest BCUT2D eigenvalue weighted by molar-refractivity contribution is 0.0767. The van der Waals surface area contributed by atoms with E-state index in [9.17, 15) is 0 Å². The minimum absolute atomic E-state index is 0.371. The first-order chi connectivity index (χ1) is 7.27. The van der Waals surface area contributed by atoms with Crippen LogP contribution in [0, 0.1) is 16.7 Å². The molecule has 1 nitrogen and oxygen atoms in total. The summed E-state index contributed by atoms with van der Waals surface area (Å²) < 4.78 is 0. The van der Waals surface area contributed by atoms with Crippen molar-refractivity contribution in [2.45, 2.75) is 47.0 Å². The molecule has 0 bridgehead atoms. The molecule has 0 amide bonds. The van der Waals surface area contributed by atoms with Crippen LogP contribution in [0.2, 0.25) is 0 Å². The van der Waals surface area contributed by atoms with Gasteiger partial charge in [-0.3, -0.25) is 0 Å². The molecule has 1 aliphatic heterocycles. The molecule has 1 fully saturated rings. The highest BCUT2D eigenvalue weighted by Gasteiger charge is 2.35. The standard InChI is InChI=1S/C14H29NS/c1-13(2,11-16)10-14(3,4)12-6-8-15(5)9-7-12/h12,16H,6-11H2,1-5H3. The Balaban J connectivity index is 2.56. The van der Waals surface area contributed by atoms with Crippen molar-refractivity contribution in [3.8, 4) is 0 Å². The number of hydrogen-bond donors (Lipinski definition) is 1. The zero-order chi connectivity index (χ0) is 12.4. The van der Waals surface area contributed by atoms with Crippen LogP contribution in [0.4, 0.5) is 0 Å². The van der Waals surface area contributed by atoms with E-state index in [0.29, 0.717) is 10.8 Å². The van der Waals surface area contributed by atoms with E-state index in [1.54, 1.807) is 0 Å². The van der Waals surface area contributed by atoms with E-state index < -0.39 is 0 Å². The zero-order valence-electron chi connectivity index (χ0n) is 11.7. The average Bonchev–Trinajstić information content (AvgIpc) is 2.17. The van der Waals surface area contributed by atoms with Crippen LogP contribution in [0.15, 0.2) is 0 Å². The molecule has 1 heterocycles. The van der Waals surface area contributed by atoms with E-state index in [2.05, 4.69) is 52.3 Å². The lowest BCUT2D eigenvalue weighted by Gasteiger charge is -2.43. The smallest absolute Gasteiger partial charge is 0.00189 e. The van der Waals surface area contributed by atoms with Crippen molar-refractivity contribution in [3.63, 3.8) is 0 Å². The number of likely N-dealkylation sites (tertiary alicyclic amines) is 1. The van der Waals surface area contributed by atoms with Gasteiger partial charge in [0.1, 0.15) is 0 Å². The van der Waals surface area contributed by atoms with Crippen LogP contribution >= 0.6 is 12.6 Å². The first-order valence-electron chi connectivity index (χ1n) is 6.56. The Morgan fingerprint density at radius 1 is 1.12 bits per heavy atom. The van der Waals surface area contributed by atoms with Crippen LogP contribution in [-0.2, 0) is 0 Å². The molecule has 1 aliphatic rings. The SMILES string of the molecule is CN1CCC(C(C)(C)CC(C)(C)CS)CC1. The van der Waals surface area contributed by atoms with Gasteiger partial charge in [0.2, 0.25) is 0 Å². The van der Waals surface area contributed by atoms with Crippen molar-refractivity contribution < 1.29 is 0 Å². The van der Waals surface area contributed by atoms with Crippen LogP contribution in [0.3, 0.4) is 0 Å². The maximum atomic E-state index is 4.48. The van der Waals surface area contributed by atoms with Crippen LogP contribution < -0.4 is 0 Å². The molecule has 0 aliphatic carbocycles. The predicted octanol–water partition coefficient (Wildman–Crippen LogP) is 3.70. The quantitative estimate of drug-likeness (QED) is 0.737. The lowest BCUT2D eigenvalue weighted by atomic mass is 9.66. The Morgan fingerprint density at radius 3 is 2.06 bits per heavy atom. The summed E-state index contributed by atoms with van der Waals surface area (Å²) in [7, 11) is 2.24. The van der Waals surface area contributed by atoms with Crippen molar-refractivity contribution in [3.05, 3.63) is 0 Å². The molecule has 0 aromatic rings. The van der Waals surface area contributed by atoms with Crippen LogP contribution in [0.25, 0.3) is 0 Å². The Labute approximate surface area is 107 Å². The number of thiol groups is 1. The summed E-state index contributed by atoms with van der Waals surface area (Å²) in [6, 6.07) is 0. The van der Waals surface area contributed by atoms with E-state index in [1.807, 2.05) is 0 Å². The molecule has 0 spiro atoms. The van der Waals surface area contributed by atoms with E-state index in [0.717, 1.165) is 11.7 Å². The Kier molecular flexibility index (Phi) is 4.76. The monoisotopic (exact) mass is 243 g/mol. The van der Waals surface area contributed by atoms with Gasteiger partial charge in [0.25, 0.3) is 0 Å². The highest BCUT2D eigenvalue weighted by atomic mass is 32.1. The number of nitrogens with zero attached hydrogens (tertiary/aromatic N) is 1. The largest absolute Gasteiger partial charge is 0.306 e. The third kappa shape index (κ3) is 3.96. The molecular formula is C14H29NS. The summed E-state index contributed by atoms with van der Waals surface area (Å²) in [5, 5.41) is 0. The molecule has 16 heavy (non-hydrogen) atoms. The molecule has 96 valence electrons. The number of piperidine rings is 1. The van der Waals surface area contributed by atoms with Crippen LogP contribution in [-0.4, -0.2) is 30.8 Å². The van der Waals surface area contributed by atoms with Crippen LogP contribution in [0.1, 0.15) is 47.0 Å². The highest BCUT2D eigenvalue weighted by Crippen LogP contribution is 2.43. The molecule has 0 atom stereocenters. The molecule has 0 N–H and O–H groups in total. The summed E-state index contributed by atoms with van der Waals surface area (Å²) in [5.41, 5.74) is 0.837. The summed E-state index contributed by atoms with van der Waals surface area (Å²) in [5.74, 6) is 1.88. The molecule has 0 aromatic heterocycles. The van der Waals surface area contributed by atoms with E-state index in [-0.39, 0.29) is 0 Å². The average molecular weight is 243 g/mol. The summed E-state index contributed by atoms with van der Waals surface area (Å²) in [6.45, 7) is 12.1. The Morgan fingerprint density at radius 2 is 1.62 bits per heavy atom.